The van der Waals surface area contributed by atoms with Crippen LogP contribution < -0.4 is 11.1 Å². The van der Waals surface area contributed by atoms with Crippen molar-refractivity contribution < 1.29 is 35.9 Å². The fraction of sp³-hybridized carbons (Fsp3) is 0.167. The fourth-order valence-corrected chi connectivity index (χ4v) is 4.18. The minimum absolute atomic E-state index is 0.0776. The molecule has 3 aromatic carbocycles. The molecule has 1 atom stereocenters. The topological polar surface area (TPSA) is 72.2 Å². The van der Waals surface area contributed by atoms with Gasteiger partial charge in [-0.3, -0.25) is 9.59 Å². The minimum atomic E-state index is -5.12. The molecular formula is C24H16F6N2O2. The number of benzene rings is 3. The highest BCUT2D eigenvalue weighted by molar-refractivity contribution is 5.99. The summed E-state index contributed by atoms with van der Waals surface area (Å²) in [5, 5.41) is 2.27. The first kappa shape index (κ1) is 23.3. The molecule has 0 heterocycles. The second-order valence-corrected chi connectivity index (χ2v) is 7.80. The molecule has 34 heavy (non-hydrogen) atoms. The number of amides is 2. The van der Waals surface area contributed by atoms with Gasteiger partial charge in [-0.2, -0.15) is 26.3 Å². The van der Waals surface area contributed by atoms with Crippen LogP contribution in [-0.2, 0) is 17.1 Å². The molecule has 1 aliphatic rings. The zero-order valence-corrected chi connectivity index (χ0v) is 17.2. The quantitative estimate of drug-likeness (QED) is 0.511. The van der Waals surface area contributed by atoms with Crippen molar-refractivity contribution >= 4 is 11.8 Å². The summed E-state index contributed by atoms with van der Waals surface area (Å²) in [7, 11) is 0. The molecule has 0 spiro atoms. The maximum atomic E-state index is 13.2. The van der Waals surface area contributed by atoms with Crippen molar-refractivity contribution in [3.8, 4) is 11.1 Å². The third-order valence-corrected chi connectivity index (χ3v) is 5.66. The molecule has 0 aromatic heterocycles. The maximum Gasteiger partial charge on any atom is 0.416 e. The number of carbonyl (C=O) groups excluding carboxylic acids is 2. The van der Waals surface area contributed by atoms with Crippen LogP contribution in [0.1, 0.15) is 38.5 Å². The van der Waals surface area contributed by atoms with E-state index in [1.807, 2.05) is 0 Å². The fourth-order valence-electron chi connectivity index (χ4n) is 4.18. The van der Waals surface area contributed by atoms with Crippen LogP contribution in [0.3, 0.4) is 0 Å². The zero-order valence-electron chi connectivity index (χ0n) is 17.2. The summed E-state index contributed by atoms with van der Waals surface area (Å²) in [5.74, 6) is -3.06. The van der Waals surface area contributed by atoms with Gasteiger partial charge in [0.25, 0.3) is 5.91 Å². The summed E-state index contributed by atoms with van der Waals surface area (Å²) in [6.45, 7) is 0. The average Bonchev–Trinajstić information content (AvgIpc) is 3.10. The molecule has 4 rings (SSSR count). The van der Waals surface area contributed by atoms with Crippen LogP contribution in [-0.4, -0.2) is 17.9 Å². The smallest absolute Gasteiger partial charge is 0.368 e. The van der Waals surface area contributed by atoms with Gasteiger partial charge in [-0.05, 0) is 40.5 Å². The number of nitrogens with one attached hydrogen (secondary N) is 1. The molecule has 0 aliphatic heterocycles. The van der Waals surface area contributed by atoms with Crippen LogP contribution in [0.15, 0.2) is 66.7 Å². The van der Waals surface area contributed by atoms with E-state index in [4.69, 9.17) is 5.73 Å². The second kappa shape index (κ2) is 8.19. The molecule has 176 valence electrons. The van der Waals surface area contributed by atoms with Gasteiger partial charge in [-0.1, -0.05) is 48.5 Å². The molecule has 0 radical (unpaired) electrons. The molecule has 4 nitrogen and oxygen atoms in total. The van der Waals surface area contributed by atoms with Gasteiger partial charge >= 0.3 is 12.4 Å². The normalized spacial score (nSPS) is 14.3. The van der Waals surface area contributed by atoms with E-state index in [2.05, 4.69) is 5.32 Å². The highest BCUT2D eigenvalue weighted by Crippen LogP contribution is 2.46. The van der Waals surface area contributed by atoms with E-state index < -0.39 is 52.8 Å². The van der Waals surface area contributed by atoms with E-state index >= 15 is 0 Å². The summed E-state index contributed by atoms with van der Waals surface area (Å²) >= 11 is 0. The Labute approximate surface area is 189 Å². The Morgan fingerprint density at radius 2 is 1.21 bits per heavy atom. The molecule has 0 fully saturated rings. The molecule has 0 bridgehead atoms. The molecular weight excluding hydrogens is 462 g/mol. The van der Waals surface area contributed by atoms with Gasteiger partial charge in [0.2, 0.25) is 5.91 Å². The third-order valence-electron chi connectivity index (χ3n) is 5.66. The Kier molecular flexibility index (Phi) is 5.63. The lowest BCUT2D eigenvalue weighted by Gasteiger charge is -2.24. The summed E-state index contributed by atoms with van der Waals surface area (Å²) in [6.07, 6.45) is -10.2. The van der Waals surface area contributed by atoms with Crippen molar-refractivity contribution in [2.24, 2.45) is 5.73 Å². The molecule has 0 saturated heterocycles. The summed E-state index contributed by atoms with van der Waals surface area (Å²) in [6, 6.07) is 13.1. The number of fused-ring (bicyclic) bond motifs is 3. The Hall–Kier alpha value is -3.82. The lowest BCUT2D eigenvalue weighted by molar-refractivity contribution is -0.143. The van der Waals surface area contributed by atoms with Crippen LogP contribution >= 0.6 is 0 Å². The summed E-state index contributed by atoms with van der Waals surface area (Å²) < 4.78 is 79.2. The molecule has 3 N–H and O–H groups in total. The van der Waals surface area contributed by atoms with Crippen molar-refractivity contribution in [1.82, 2.24) is 5.32 Å². The largest absolute Gasteiger partial charge is 0.416 e. The van der Waals surface area contributed by atoms with Crippen LogP contribution in [0.2, 0.25) is 0 Å². The van der Waals surface area contributed by atoms with E-state index in [0.717, 1.165) is 11.1 Å². The van der Waals surface area contributed by atoms with Crippen LogP contribution in [0.25, 0.3) is 11.1 Å². The minimum Gasteiger partial charge on any atom is -0.368 e. The molecule has 3 aromatic rings. The predicted octanol–water partition coefficient (Wildman–Crippen LogP) is 5.12. The van der Waals surface area contributed by atoms with Gasteiger partial charge in [-0.15, -0.1) is 0 Å². The second-order valence-electron chi connectivity index (χ2n) is 7.80. The number of alkyl halides is 6. The van der Waals surface area contributed by atoms with Crippen LogP contribution in [0, 0.1) is 0 Å². The standard InChI is InChI=1S/C24H16F6N2O2/c25-23(26,27)13-9-12(10-14(11-13)24(28,29)30)22(34)32-20(21(31)33)19-17-7-3-1-5-15(17)16-6-2-4-8-18(16)19/h1-11,19-20H,(H2,31,33)(H,32,34)/t20-/m1/s1. The first-order valence-corrected chi connectivity index (χ1v) is 9.96. The number of halogens is 6. The molecule has 0 unspecified atom stereocenters. The molecule has 10 heteroatoms. The maximum absolute atomic E-state index is 13.2. The molecule has 0 saturated carbocycles. The van der Waals surface area contributed by atoms with Gasteiger partial charge < -0.3 is 11.1 Å². The Balaban J connectivity index is 1.76. The number of nitrogens with two attached hydrogens (primary N) is 1. The lowest BCUT2D eigenvalue weighted by Crippen LogP contribution is -2.48. The van der Waals surface area contributed by atoms with E-state index in [9.17, 15) is 35.9 Å². The van der Waals surface area contributed by atoms with Gasteiger partial charge in [0.1, 0.15) is 6.04 Å². The van der Waals surface area contributed by atoms with Crippen LogP contribution in [0.4, 0.5) is 26.3 Å². The third kappa shape index (κ3) is 4.23. The van der Waals surface area contributed by atoms with E-state index in [0.29, 0.717) is 23.3 Å². The van der Waals surface area contributed by atoms with Crippen molar-refractivity contribution in [1.29, 1.82) is 0 Å². The first-order valence-electron chi connectivity index (χ1n) is 9.96. The zero-order chi connectivity index (χ0) is 24.8. The SMILES string of the molecule is NC(=O)[C@H](NC(=O)c1cc(C(F)(F)F)cc(C(F)(F)F)c1)C1c2ccccc2-c2ccccc21. The van der Waals surface area contributed by atoms with E-state index in [1.54, 1.807) is 48.5 Å². The summed E-state index contributed by atoms with van der Waals surface area (Å²) in [5.41, 5.74) is 4.22. The predicted molar refractivity (Wildman–Crippen MR) is 111 cm³/mol. The Morgan fingerprint density at radius 1 is 0.765 bits per heavy atom. The number of carbonyl (C=O) groups is 2. The average molecular weight is 478 g/mol. The van der Waals surface area contributed by atoms with Crippen LogP contribution in [0.5, 0.6) is 0 Å². The number of hydrogen-bond donors (Lipinski definition) is 2. The lowest BCUT2D eigenvalue weighted by atomic mass is 9.88. The van der Waals surface area contributed by atoms with Crippen molar-refractivity contribution in [2.45, 2.75) is 24.3 Å². The molecule has 1 aliphatic carbocycles. The van der Waals surface area contributed by atoms with E-state index in [1.165, 1.54) is 0 Å². The number of hydrogen-bond acceptors (Lipinski definition) is 2. The van der Waals surface area contributed by atoms with Crippen molar-refractivity contribution in [2.75, 3.05) is 0 Å². The number of rotatable bonds is 4. The first-order chi connectivity index (χ1) is 15.9. The molecule has 2 amide bonds. The van der Waals surface area contributed by atoms with Gasteiger partial charge in [0.05, 0.1) is 11.1 Å². The van der Waals surface area contributed by atoms with Gasteiger partial charge in [0.15, 0.2) is 0 Å². The Bertz CT molecular complexity index is 1210. The van der Waals surface area contributed by atoms with Gasteiger partial charge in [-0.25, -0.2) is 0 Å². The van der Waals surface area contributed by atoms with E-state index in [-0.39, 0.29) is 6.07 Å². The highest BCUT2D eigenvalue weighted by atomic mass is 19.4. The van der Waals surface area contributed by atoms with Crippen molar-refractivity contribution in [3.05, 3.63) is 94.5 Å². The summed E-state index contributed by atoms with van der Waals surface area (Å²) in [4.78, 5) is 25.2. The van der Waals surface area contributed by atoms with Gasteiger partial charge in [0, 0.05) is 11.5 Å². The monoisotopic (exact) mass is 478 g/mol. The highest BCUT2D eigenvalue weighted by Gasteiger charge is 2.40. The van der Waals surface area contributed by atoms with Crippen molar-refractivity contribution in [3.63, 3.8) is 0 Å². The Morgan fingerprint density at radius 3 is 1.62 bits per heavy atom. The number of primary amides is 1.